The highest BCUT2D eigenvalue weighted by molar-refractivity contribution is 7.85. The summed E-state index contributed by atoms with van der Waals surface area (Å²) < 4.78 is 24.9. The summed E-state index contributed by atoms with van der Waals surface area (Å²) in [7, 11) is 1.75. The van der Waals surface area contributed by atoms with E-state index >= 15 is 0 Å². The lowest BCUT2D eigenvalue weighted by atomic mass is 10.0. The summed E-state index contributed by atoms with van der Waals surface area (Å²) in [6.45, 7) is 0. The lowest BCUT2D eigenvalue weighted by Crippen LogP contribution is -2.04. The van der Waals surface area contributed by atoms with Gasteiger partial charge in [-0.15, -0.1) is 0 Å². The van der Waals surface area contributed by atoms with E-state index in [2.05, 4.69) is 12.1 Å². The van der Waals surface area contributed by atoms with E-state index in [9.17, 15) is 4.21 Å². The van der Waals surface area contributed by atoms with Crippen molar-refractivity contribution >= 4 is 10.8 Å². The smallest absolute Gasteiger partial charge is 0.119 e. The Labute approximate surface area is 213 Å². The standard InChI is InChI=1S/C30H24N2O3S/c1-34-27-11-13-29(25(17-27)15-21-3-7-23(19-31)8-4-21)36(33)30-14-12-28(35-2)18-26(30)16-22-5-9-24(20-32)10-6-22/h3-14,17-18H,15-16H2,1-2H3. The van der Waals surface area contributed by atoms with Crippen LogP contribution in [0.3, 0.4) is 0 Å². The molecule has 0 aromatic heterocycles. The molecule has 0 aliphatic heterocycles. The molecule has 0 N–H and O–H groups in total. The van der Waals surface area contributed by atoms with E-state index in [0.29, 0.717) is 45.3 Å². The van der Waals surface area contributed by atoms with Gasteiger partial charge in [0.05, 0.1) is 48.3 Å². The van der Waals surface area contributed by atoms with E-state index in [1.165, 1.54) is 0 Å². The SMILES string of the molecule is COc1ccc(S(=O)c2ccc(OC)cc2Cc2ccc(C#N)cc2)c(Cc2ccc(C#N)cc2)c1. The molecule has 0 aliphatic carbocycles. The van der Waals surface area contributed by atoms with E-state index in [-0.39, 0.29) is 0 Å². The van der Waals surface area contributed by atoms with Crippen LogP contribution < -0.4 is 9.47 Å². The van der Waals surface area contributed by atoms with Gasteiger partial charge in [-0.25, -0.2) is 4.21 Å². The van der Waals surface area contributed by atoms with Gasteiger partial charge in [-0.2, -0.15) is 10.5 Å². The average Bonchev–Trinajstić information content (AvgIpc) is 2.93. The average molecular weight is 493 g/mol. The highest BCUT2D eigenvalue weighted by atomic mass is 32.2. The third kappa shape index (κ3) is 5.63. The minimum Gasteiger partial charge on any atom is -0.497 e. The van der Waals surface area contributed by atoms with E-state index in [1.54, 1.807) is 38.5 Å². The minimum atomic E-state index is -1.47. The van der Waals surface area contributed by atoms with Crippen LogP contribution in [-0.4, -0.2) is 18.4 Å². The first-order valence-corrected chi connectivity index (χ1v) is 12.4. The molecular formula is C30H24N2O3S. The molecule has 0 heterocycles. The Morgan fingerprint density at radius 1 is 0.639 bits per heavy atom. The summed E-state index contributed by atoms with van der Waals surface area (Å²) in [4.78, 5) is 1.40. The topological polar surface area (TPSA) is 83.1 Å². The fourth-order valence-corrected chi connectivity index (χ4v) is 5.31. The summed E-state index contributed by atoms with van der Waals surface area (Å²) in [6, 6.07) is 30.2. The summed E-state index contributed by atoms with van der Waals surface area (Å²) in [5.74, 6) is 1.37. The number of nitriles is 2. The number of ether oxygens (including phenoxy) is 2. The Morgan fingerprint density at radius 3 is 1.36 bits per heavy atom. The Bertz CT molecular complexity index is 1370. The number of nitrogens with zero attached hydrogens (tertiary/aromatic N) is 2. The molecule has 4 rings (SSSR count). The normalized spacial score (nSPS) is 10.5. The summed E-state index contributed by atoms with van der Waals surface area (Å²) in [5, 5.41) is 18.2. The second-order valence-corrected chi connectivity index (χ2v) is 9.60. The Morgan fingerprint density at radius 2 is 1.03 bits per heavy atom. The maximum Gasteiger partial charge on any atom is 0.119 e. The van der Waals surface area contributed by atoms with Gasteiger partial charge in [0.1, 0.15) is 11.5 Å². The number of rotatable bonds is 8. The maximum atomic E-state index is 14.0. The van der Waals surface area contributed by atoms with Crippen molar-refractivity contribution in [1.82, 2.24) is 0 Å². The van der Waals surface area contributed by atoms with Crippen LogP contribution in [0.2, 0.25) is 0 Å². The van der Waals surface area contributed by atoms with E-state index in [1.807, 2.05) is 60.7 Å². The monoisotopic (exact) mass is 492 g/mol. The van der Waals surface area contributed by atoms with Crippen LogP contribution in [0.15, 0.2) is 94.7 Å². The Kier molecular flexibility index (Phi) is 7.80. The quantitative estimate of drug-likeness (QED) is 0.311. The van der Waals surface area contributed by atoms with Crippen molar-refractivity contribution in [3.63, 3.8) is 0 Å². The van der Waals surface area contributed by atoms with Gasteiger partial charge in [0, 0.05) is 9.79 Å². The number of methoxy groups -OCH3 is 2. The van der Waals surface area contributed by atoms with Gasteiger partial charge >= 0.3 is 0 Å². The van der Waals surface area contributed by atoms with Gasteiger partial charge in [0.25, 0.3) is 0 Å². The van der Waals surface area contributed by atoms with Crippen molar-refractivity contribution < 1.29 is 13.7 Å². The van der Waals surface area contributed by atoms with Crippen molar-refractivity contribution in [3.05, 3.63) is 118 Å². The van der Waals surface area contributed by atoms with Gasteiger partial charge in [0.2, 0.25) is 0 Å². The van der Waals surface area contributed by atoms with Gasteiger partial charge in [-0.1, -0.05) is 24.3 Å². The molecule has 0 saturated carbocycles. The zero-order chi connectivity index (χ0) is 25.5. The van der Waals surface area contributed by atoms with Crippen LogP contribution >= 0.6 is 0 Å². The molecule has 4 aromatic rings. The lowest BCUT2D eigenvalue weighted by molar-refractivity contribution is 0.414. The van der Waals surface area contributed by atoms with Crippen molar-refractivity contribution in [3.8, 4) is 23.6 Å². The number of hydrogen-bond donors (Lipinski definition) is 0. The molecule has 0 atom stereocenters. The second kappa shape index (κ2) is 11.4. The molecule has 0 aliphatic rings. The molecule has 0 spiro atoms. The van der Waals surface area contributed by atoms with Crippen LogP contribution in [0, 0.1) is 22.7 Å². The first-order chi connectivity index (χ1) is 17.5. The van der Waals surface area contributed by atoms with Crippen molar-refractivity contribution in [1.29, 1.82) is 10.5 Å². The van der Waals surface area contributed by atoms with Gasteiger partial charge in [-0.05, 0) is 95.8 Å². The molecule has 36 heavy (non-hydrogen) atoms. The zero-order valence-corrected chi connectivity index (χ0v) is 20.8. The van der Waals surface area contributed by atoms with Gasteiger partial charge < -0.3 is 9.47 Å². The van der Waals surface area contributed by atoms with Crippen LogP contribution in [-0.2, 0) is 23.6 Å². The lowest BCUT2D eigenvalue weighted by Gasteiger charge is -2.15. The molecule has 0 bridgehead atoms. The highest BCUT2D eigenvalue weighted by Gasteiger charge is 2.18. The number of benzene rings is 4. The van der Waals surface area contributed by atoms with Crippen LogP contribution in [0.1, 0.15) is 33.4 Å². The molecule has 178 valence electrons. The molecule has 0 saturated heterocycles. The van der Waals surface area contributed by atoms with Crippen LogP contribution in [0.25, 0.3) is 0 Å². The molecule has 4 aromatic carbocycles. The largest absolute Gasteiger partial charge is 0.497 e. The summed E-state index contributed by atoms with van der Waals surface area (Å²) in [6.07, 6.45) is 1.09. The van der Waals surface area contributed by atoms with Crippen LogP contribution in [0.5, 0.6) is 11.5 Å². The van der Waals surface area contributed by atoms with Crippen LogP contribution in [0.4, 0.5) is 0 Å². The molecule has 0 fully saturated rings. The highest BCUT2D eigenvalue weighted by Crippen LogP contribution is 2.31. The minimum absolute atomic E-state index is 0.547. The molecule has 6 heteroatoms. The first-order valence-electron chi connectivity index (χ1n) is 11.3. The molecule has 0 unspecified atom stereocenters. The summed E-state index contributed by atoms with van der Waals surface area (Å²) >= 11 is 0. The second-order valence-electron chi connectivity index (χ2n) is 8.19. The Balaban J connectivity index is 1.73. The summed E-state index contributed by atoms with van der Waals surface area (Å²) in [5.41, 5.74) is 4.98. The predicted molar refractivity (Wildman–Crippen MR) is 139 cm³/mol. The van der Waals surface area contributed by atoms with Gasteiger partial charge in [0.15, 0.2) is 0 Å². The van der Waals surface area contributed by atoms with Gasteiger partial charge in [-0.3, -0.25) is 0 Å². The first kappa shape index (κ1) is 24.7. The third-order valence-corrected chi connectivity index (χ3v) is 7.49. The van der Waals surface area contributed by atoms with Crippen molar-refractivity contribution in [2.45, 2.75) is 22.6 Å². The molecule has 0 amide bonds. The molecule has 0 radical (unpaired) electrons. The predicted octanol–water partition coefficient (Wildman–Crippen LogP) is 5.80. The van der Waals surface area contributed by atoms with E-state index < -0.39 is 10.8 Å². The number of hydrogen-bond acceptors (Lipinski definition) is 5. The fourth-order valence-electron chi connectivity index (χ4n) is 3.96. The fraction of sp³-hybridized carbons (Fsp3) is 0.133. The van der Waals surface area contributed by atoms with Crippen molar-refractivity contribution in [2.24, 2.45) is 0 Å². The molecule has 5 nitrogen and oxygen atoms in total. The molecular weight excluding hydrogens is 468 g/mol. The maximum absolute atomic E-state index is 14.0. The third-order valence-electron chi connectivity index (χ3n) is 5.89. The van der Waals surface area contributed by atoms with E-state index in [0.717, 1.165) is 22.3 Å². The Hall–Kier alpha value is -4.39. The van der Waals surface area contributed by atoms with Crippen molar-refractivity contribution in [2.75, 3.05) is 14.2 Å². The van der Waals surface area contributed by atoms with E-state index in [4.69, 9.17) is 20.0 Å². The zero-order valence-electron chi connectivity index (χ0n) is 20.0.